The number of aromatic nitrogens is 2. The lowest BCUT2D eigenvalue weighted by Gasteiger charge is -2.25. The summed E-state index contributed by atoms with van der Waals surface area (Å²) in [6.07, 6.45) is -1.27. The predicted molar refractivity (Wildman–Crippen MR) is 155 cm³/mol. The highest BCUT2D eigenvalue weighted by Gasteiger charge is 2.92. The second-order valence-corrected chi connectivity index (χ2v) is 19.4. The van der Waals surface area contributed by atoms with Crippen LogP contribution in [-0.4, -0.2) is 72.1 Å². The fourth-order valence-electron chi connectivity index (χ4n) is 7.01. The lowest BCUT2D eigenvalue weighted by Crippen LogP contribution is -2.33. The van der Waals surface area contributed by atoms with Crippen LogP contribution in [0.2, 0.25) is 0 Å². The average Bonchev–Trinajstić information content (AvgIpc) is 3.48. The van der Waals surface area contributed by atoms with Gasteiger partial charge in [-0.25, -0.2) is 18.5 Å². The zero-order valence-electron chi connectivity index (χ0n) is 23.4. The van der Waals surface area contributed by atoms with E-state index in [4.69, 9.17) is 28.4 Å². The van der Waals surface area contributed by atoms with Crippen molar-refractivity contribution in [1.82, 2.24) is 9.55 Å². The van der Waals surface area contributed by atoms with Crippen LogP contribution in [0.25, 0.3) is 0 Å². The first-order chi connectivity index (χ1) is 20.4. The maximum atomic E-state index is 12.4. The quantitative estimate of drug-likeness (QED) is 0.0537. The van der Waals surface area contributed by atoms with Crippen LogP contribution >= 0.6 is 45.1 Å². The van der Waals surface area contributed by atoms with Gasteiger partial charge in [0, 0.05) is 28.9 Å². The molecular formula is C21H31BN2O15P3S2. The van der Waals surface area contributed by atoms with E-state index in [0.717, 1.165) is 40.1 Å². The van der Waals surface area contributed by atoms with Crippen molar-refractivity contribution < 1.29 is 60.5 Å². The molecule has 1 aromatic heterocycles. The van der Waals surface area contributed by atoms with Crippen molar-refractivity contribution >= 4 is 52.5 Å². The summed E-state index contributed by atoms with van der Waals surface area (Å²) < 4.78 is 65.9. The molecule has 5 N–H and O–H groups in total. The van der Waals surface area contributed by atoms with Gasteiger partial charge in [0.05, 0.1) is 12.7 Å². The number of aryl methyl sites for hydroxylation is 1. The molecule has 5 aliphatic carbocycles. The number of hydrogen-bond acceptors (Lipinski definition) is 13. The molecule has 2 heterocycles. The van der Waals surface area contributed by atoms with Gasteiger partial charge in [-0.2, -0.15) is 8.62 Å². The predicted octanol–water partition coefficient (Wildman–Crippen LogP) is 1.69. The minimum atomic E-state index is -5.71. The summed E-state index contributed by atoms with van der Waals surface area (Å²) in [6.45, 7) is 4.76. The zero-order valence-corrected chi connectivity index (χ0v) is 27.8. The summed E-state index contributed by atoms with van der Waals surface area (Å²) >= 11 is 0. The smallest absolute Gasteiger partial charge is 0.436 e. The van der Waals surface area contributed by atoms with Gasteiger partial charge in [0.2, 0.25) is 0 Å². The van der Waals surface area contributed by atoms with Gasteiger partial charge < -0.3 is 33.7 Å². The van der Waals surface area contributed by atoms with E-state index in [1.54, 1.807) is 0 Å². The standard InChI is InChI=1S/C21H31BN2O15P3S2/c1-8-5-24(20(26)23-19(8)25)11-4-9(10(36-11)6-35-41(30,31)39-42(32,33)38-40(27,28)29)34-7-43-44-21(2,3)22-37-18-16-12-13(16)15-14(12)17(15)18/h5,9-18H,4,6-7H2,1-3H3,(H,30,31)(H,32,33)(H,23,25,26)(H2,27,28,29)/t9-,10?,11-,12?,13?,14?,15?,16?,17?,18?/m1/s1. The monoisotopic (exact) mass is 719 g/mol. The lowest BCUT2D eigenvalue weighted by molar-refractivity contribution is -0.0543. The van der Waals surface area contributed by atoms with Crippen LogP contribution < -0.4 is 11.2 Å². The summed E-state index contributed by atoms with van der Waals surface area (Å²) in [7, 11) is -11.9. The molecule has 3 unspecified atom stereocenters. The summed E-state index contributed by atoms with van der Waals surface area (Å²) in [6, 6.07) is 0. The highest BCUT2D eigenvalue weighted by atomic mass is 33.1. The van der Waals surface area contributed by atoms with E-state index in [1.807, 2.05) is 21.3 Å². The van der Waals surface area contributed by atoms with Crippen LogP contribution in [0.3, 0.4) is 0 Å². The van der Waals surface area contributed by atoms with Crippen molar-refractivity contribution in [2.24, 2.45) is 35.5 Å². The van der Waals surface area contributed by atoms with Crippen LogP contribution in [0.5, 0.6) is 0 Å². The van der Waals surface area contributed by atoms with E-state index in [9.17, 15) is 33.1 Å². The molecule has 6 fully saturated rings. The topological polar surface area (TPSA) is 242 Å². The number of nitrogens with one attached hydrogen (secondary N) is 1. The van der Waals surface area contributed by atoms with Crippen LogP contribution in [0.15, 0.2) is 15.8 Å². The molecule has 5 saturated carbocycles. The molecular weight excluding hydrogens is 688 g/mol. The Balaban J connectivity index is 1.04. The van der Waals surface area contributed by atoms with Crippen LogP contribution in [0.4, 0.5) is 0 Å². The first kappa shape index (κ1) is 33.6. The Kier molecular flexibility index (Phi) is 8.95. The number of H-pyrrole nitrogens is 1. The molecule has 6 aliphatic rings. The fraction of sp³-hybridized carbons (Fsp3) is 0.810. The highest BCUT2D eigenvalue weighted by Crippen LogP contribution is 2.92. The molecule has 17 nitrogen and oxygen atoms in total. The molecule has 44 heavy (non-hydrogen) atoms. The maximum Gasteiger partial charge on any atom is 0.490 e. The van der Waals surface area contributed by atoms with E-state index in [-0.39, 0.29) is 22.6 Å². The van der Waals surface area contributed by atoms with Crippen molar-refractivity contribution in [2.45, 2.75) is 56.4 Å². The average molecular weight is 719 g/mol. The van der Waals surface area contributed by atoms with Crippen molar-refractivity contribution in [3.8, 4) is 0 Å². The number of phosphoric acid groups is 3. The van der Waals surface area contributed by atoms with Crippen molar-refractivity contribution in [1.29, 1.82) is 0 Å². The second kappa shape index (κ2) is 11.7. The summed E-state index contributed by atoms with van der Waals surface area (Å²) in [5.41, 5.74) is -1.12. The molecule has 7 rings (SSSR count). The third kappa shape index (κ3) is 6.96. The van der Waals surface area contributed by atoms with E-state index >= 15 is 0 Å². The van der Waals surface area contributed by atoms with Gasteiger partial charge >= 0.3 is 36.6 Å². The van der Waals surface area contributed by atoms with Gasteiger partial charge in [-0.1, -0.05) is 35.4 Å². The van der Waals surface area contributed by atoms with Gasteiger partial charge in [-0.15, -0.1) is 0 Å². The van der Waals surface area contributed by atoms with Gasteiger partial charge in [0.1, 0.15) is 18.3 Å². The minimum Gasteiger partial charge on any atom is -0.436 e. The van der Waals surface area contributed by atoms with Gasteiger partial charge in [-0.05, 0) is 42.4 Å². The van der Waals surface area contributed by atoms with Gasteiger partial charge in [0.15, 0.2) is 0 Å². The molecule has 2 bridgehead atoms. The van der Waals surface area contributed by atoms with Crippen LogP contribution in [0.1, 0.15) is 32.1 Å². The molecule has 0 amide bonds. The molecule has 1 aliphatic heterocycles. The molecule has 0 aromatic carbocycles. The first-order valence-electron chi connectivity index (χ1n) is 13.5. The van der Waals surface area contributed by atoms with Crippen LogP contribution in [-0.2, 0) is 41.0 Å². The number of aromatic amines is 1. The van der Waals surface area contributed by atoms with Gasteiger partial charge in [0.25, 0.3) is 5.56 Å². The first-order valence-corrected chi connectivity index (χ1v) is 20.4. The maximum absolute atomic E-state index is 12.4. The molecule has 1 radical (unpaired) electrons. The normalized spacial score (nSPS) is 37.5. The highest BCUT2D eigenvalue weighted by molar-refractivity contribution is 8.77. The third-order valence-electron chi connectivity index (χ3n) is 8.60. The zero-order chi connectivity index (χ0) is 32.0. The number of ether oxygens (including phenoxy) is 2. The Morgan fingerprint density at radius 2 is 1.68 bits per heavy atom. The third-order valence-corrected chi connectivity index (χ3v) is 15.2. The SMILES string of the molecule is Cc1cn([C@H]2C[C@@H](OCSSC(C)(C)[B]OC3C4C5C4C4C3C54)C(COP(=O)(O)OP(=O)(O)OP(=O)(O)O)O2)c(=O)[nH]c1=O. The summed E-state index contributed by atoms with van der Waals surface area (Å²) in [5, 5.41) is 0. The molecule has 1 saturated heterocycles. The molecule has 1 aromatic rings. The van der Waals surface area contributed by atoms with E-state index in [0.29, 0.717) is 6.10 Å². The minimum absolute atomic E-state index is 0.0504. The number of hydrogen-bond donors (Lipinski definition) is 5. The second-order valence-electron chi connectivity index (χ2n) is 12.0. The Hall–Kier alpha value is -0.265. The van der Waals surface area contributed by atoms with Crippen LogP contribution in [0, 0.1) is 42.4 Å². The molecule has 5 atom stereocenters. The molecule has 245 valence electrons. The van der Waals surface area contributed by atoms with E-state index < -0.39 is 59.8 Å². The number of nitrogens with zero attached hydrogens (tertiary/aromatic N) is 1. The van der Waals surface area contributed by atoms with E-state index in [1.165, 1.54) is 34.7 Å². The van der Waals surface area contributed by atoms with E-state index in [2.05, 4.69) is 13.6 Å². The summed E-state index contributed by atoms with van der Waals surface area (Å²) in [4.78, 5) is 63.1. The number of rotatable bonds is 16. The largest absolute Gasteiger partial charge is 0.490 e. The Bertz CT molecular complexity index is 1530. The molecule has 0 spiro atoms. The fourth-order valence-corrected chi connectivity index (χ4v) is 12.1. The van der Waals surface area contributed by atoms with Gasteiger partial charge in [-0.3, -0.25) is 18.9 Å². The Labute approximate surface area is 259 Å². The molecule has 23 heteroatoms. The van der Waals surface area contributed by atoms with Crippen molar-refractivity contribution in [3.05, 3.63) is 32.6 Å². The number of phosphoric ester groups is 1. The lowest BCUT2D eigenvalue weighted by atomic mass is 9.82. The Morgan fingerprint density at radius 1 is 1.05 bits per heavy atom. The van der Waals surface area contributed by atoms with Crippen molar-refractivity contribution in [2.75, 3.05) is 12.5 Å². The summed E-state index contributed by atoms with van der Waals surface area (Å²) in [5.74, 6) is 5.20. The Morgan fingerprint density at radius 3 is 2.30 bits per heavy atom. The van der Waals surface area contributed by atoms with Crippen molar-refractivity contribution in [3.63, 3.8) is 0 Å².